The van der Waals surface area contributed by atoms with E-state index in [0.29, 0.717) is 18.2 Å². The van der Waals surface area contributed by atoms with Crippen LogP contribution in [-0.2, 0) is 11.2 Å². The number of nitrogens with zero attached hydrogens (tertiary/aromatic N) is 1. The molecule has 0 saturated carbocycles. The number of hydrogen-bond acceptors (Lipinski definition) is 5. The van der Waals surface area contributed by atoms with Crippen LogP contribution < -0.4 is 15.4 Å². The Morgan fingerprint density at radius 2 is 1.74 bits per heavy atom. The lowest BCUT2D eigenvalue weighted by molar-refractivity contribution is -0.121. The number of aromatic nitrogens is 1. The van der Waals surface area contributed by atoms with Crippen LogP contribution in [0.25, 0.3) is 11.1 Å². The van der Waals surface area contributed by atoms with Gasteiger partial charge in [-0.3, -0.25) is 10.1 Å². The number of hydrogen-bond donors (Lipinski definition) is 2. The van der Waals surface area contributed by atoms with E-state index in [2.05, 4.69) is 29.5 Å². The van der Waals surface area contributed by atoms with Gasteiger partial charge in [-0.1, -0.05) is 44.2 Å². The molecule has 0 unspecified atom stereocenters. The summed E-state index contributed by atoms with van der Waals surface area (Å²) in [6, 6.07) is 19.7. The van der Waals surface area contributed by atoms with Crippen molar-refractivity contribution in [2.75, 3.05) is 11.9 Å². The van der Waals surface area contributed by atoms with Gasteiger partial charge in [0.25, 0.3) is 5.91 Å². The minimum atomic E-state index is -0.318. The molecular formula is C28H29N3O3S. The van der Waals surface area contributed by atoms with E-state index in [1.165, 1.54) is 0 Å². The van der Waals surface area contributed by atoms with Crippen molar-refractivity contribution in [1.29, 1.82) is 0 Å². The Bertz CT molecular complexity index is 1360. The Morgan fingerprint density at radius 1 is 1.03 bits per heavy atom. The number of aryl methyl sites for hydroxylation is 2. The fourth-order valence-corrected chi connectivity index (χ4v) is 3.98. The van der Waals surface area contributed by atoms with E-state index < -0.39 is 0 Å². The van der Waals surface area contributed by atoms with Crippen molar-refractivity contribution in [3.63, 3.8) is 0 Å². The maximum absolute atomic E-state index is 12.4. The van der Waals surface area contributed by atoms with E-state index >= 15 is 0 Å². The maximum atomic E-state index is 12.4. The highest BCUT2D eigenvalue weighted by Crippen LogP contribution is 2.27. The van der Waals surface area contributed by atoms with Crippen LogP contribution in [0.5, 0.6) is 5.75 Å². The fraction of sp³-hybridized carbons (Fsp3) is 0.250. The van der Waals surface area contributed by atoms with E-state index in [9.17, 15) is 4.79 Å². The molecule has 0 saturated heterocycles. The van der Waals surface area contributed by atoms with Gasteiger partial charge in [-0.15, -0.1) is 0 Å². The van der Waals surface area contributed by atoms with Gasteiger partial charge < -0.3 is 14.5 Å². The van der Waals surface area contributed by atoms with E-state index in [1.54, 1.807) is 0 Å². The van der Waals surface area contributed by atoms with Crippen LogP contribution in [0, 0.1) is 13.8 Å². The number of benzene rings is 3. The van der Waals surface area contributed by atoms with Crippen LogP contribution in [0.4, 0.5) is 5.69 Å². The van der Waals surface area contributed by atoms with Crippen LogP contribution in [-0.4, -0.2) is 22.6 Å². The van der Waals surface area contributed by atoms with Gasteiger partial charge in [-0.2, -0.15) is 0 Å². The molecule has 35 heavy (non-hydrogen) atoms. The highest BCUT2D eigenvalue weighted by molar-refractivity contribution is 7.80. The van der Waals surface area contributed by atoms with Crippen molar-refractivity contribution >= 4 is 40.0 Å². The first-order chi connectivity index (χ1) is 16.8. The second kappa shape index (κ2) is 10.7. The first kappa shape index (κ1) is 24.4. The number of thiocarbonyl (C=S) groups is 1. The van der Waals surface area contributed by atoms with E-state index in [0.717, 1.165) is 44.8 Å². The van der Waals surface area contributed by atoms with E-state index in [1.807, 2.05) is 74.5 Å². The Balaban J connectivity index is 1.29. The predicted molar refractivity (Wildman–Crippen MR) is 143 cm³/mol. The van der Waals surface area contributed by atoms with Crippen molar-refractivity contribution in [3.05, 3.63) is 88.8 Å². The molecule has 1 amide bonds. The molecule has 0 aliphatic rings. The number of carbonyl (C=O) groups is 1. The minimum Gasteiger partial charge on any atom is -0.483 e. The summed E-state index contributed by atoms with van der Waals surface area (Å²) in [7, 11) is 0. The third kappa shape index (κ3) is 6.45. The summed E-state index contributed by atoms with van der Waals surface area (Å²) in [4.78, 5) is 16.9. The van der Waals surface area contributed by atoms with Gasteiger partial charge >= 0.3 is 0 Å². The molecule has 0 spiro atoms. The fourth-order valence-electron chi connectivity index (χ4n) is 3.75. The van der Waals surface area contributed by atoms with Crippen LogP contribution in [0.1, 0.15) is 47.9 Å². The summed E-state index contributed by atoms with van der Waals surface area (Å²) < 4.78 is 11.6. The number of rotatable bonds is 7. The number of carbonyl (C=O) groups excluding carboxylic acids is 1. The number of ether oxygens (including phenoxy) is 1. The van der Waals surface area contributed by atoms with Crippen molar-refractivity contribution in [3.8, 4) is 5.75 Å². The predicted octanol–water partition coefficient (Wildman–Crippen LogP) is 6.05. The number of amides is 1. The molecule has 180 valence electrons. The SMILES string of the molecule is Cc1ccc(C(C)C)c(OCC(=O)NC(=S)Nc2ccc(Cc3nc4cc(C)ccc4o3)cc2)c1. The molecule has 0 aliphatic carbocycles. The van der Waals surface area contributed by atoms with Crippen molar-refractivity contribution in [2.45, 2.75) is 40.0 Å². The Kier molecular flexibility index (Phi) is 7.46. The average molecular weight is 488 g/mol. The molecule has 4 rings (SSSR count). The molecule has 6 nitrogen and oxygen atoms in total. The summed E-state index contributed by atoms with van der Waals surface area (Å²) >= 11 is 5.29. The summed E-state index contributed by atoms with van der Waals surface area (Å²) in [5.74, 6) is 1.37. The summed E-state index contributed by atoms with van der Waals surface area (Å²) in [5, 5.41) is 5.92. The lowest BCUT2D eigenvalue weighted by atomic mass is 10.0. The zero-order valence-corrected chi connectivity index (χ0v) is 21.2. The summed E-state index contributed by atoms with van der Waals surface area (Å²) in [5.41, 5.74) is 6.78. The van der Waals surface area contributed by atoms with Crippen molar-refractivity contribution in [1.82, 2.24) is 10.3 Å². The monoisotopic (exact) mass is 487 g/mol. The van der Waals surface area contributed by atoms with Gasteiger partial charge in [0.2, 0.25) is 0 Å². The van der Waals surface area contributed by atoms with Crippen LogP contribution in [0.3, 0.4) is 0 Å². The zero-order valence-electron chi connectivity index (χ0n) is 20.3. The Hall–Kier alpha value is -3.71. The molecule has 0 fully saturated rings. The van der Waals surface area contributed by atoms with Gasteiger partial charge in [0, 0.05) is 12.1 Å². The number of nitrogens with one attached hydrogen (secondary N) is 2. The minimum absolute atomic E-state index is 0.117. The van der Waals surface area contributed by atoms with Gasteiger partial charge in [0.05, 0.1) is 0 Å². The molecule has 1 heterocycles. The number of oxazole rings is 1. The molecule has 0 bridgehead atoms. The van der Waals surface area contributed by atoms with Crippen molar-refractivity contribution in [2.24, 2.45) is 0 Å². The molecular weight excluding hydrogens is 458 g/mol. The largest absolute Gasteiger partial charge is 0.483 e. The first-order valence-corrected chi connectivity index (χ1v) is 12.0. The van der Waals surface area contributed by atoms with Gasteiger partial charge in [-0.25, -0.2) is 4.98 Å². The molecule has 4 aromatic rings. The van der Waals surface area contributed by atoms with Gasteiger partial charge in [-0.05, 0) is 84.6 Å². The zero-order chi connectivity index (χ0) is 24.9. The molecule has 3 aromatic carbocycles. The summed E-state index contributed by atoms with van der Waals surface area (Å²) in [6.07, 6.45) is 0.587. The van der Waals surface area contributed by atoms with Crippen LogP contribution in [0.15, 0.2) is 65.1 Å². The van der Waals surface area contributed by atoms with Crippen LogP contribution >= 0.6 is 12.2 Å². The Morgan fingerprint density at radius 3 is 2.49 bits per heavy atom. The first-order valence-electron chi connectivity index (χ1n) is 11.6. The van der Waals surface area contributed by atoms with Gasteiger partial charge in [0.1, 0.15) is 11.3 Å². The third-order valence-electron chi connectivity index (χ3n) is 5.56. The molecule has 1 aromatic heterocycles. The lowest BCUT2D eigenvalue weighted by Crippen LogP contribution is -2.37. The van der Waals surface area contributed by atoms with Crippen molar-refractivity contribution < 1.29 is 13.9 Å². The maximum Gasteiger partial charge on any atom is 0.264 e. The topological polar surface area (TPSA) is 76.4 Å². The highest BCUT2D eigenvalue weighted by atomic mass is 32.1. The molecule has 0 aliphatic heterocycles. The second-order valence-corrected chi connectivity index (χ2v) is 9.35. The molecule has 7 heteroatoms. The quantitative estimate of drug-likeness (QED) is 0.309. The highest BCUT2D eigenvalue weighted by Gasteiger charge is 2.12. The number of anilines is 1. The van der Waals surface area contributed by atoms with E-state index in [-0.39, 0.29) is 17.6 Å². The molecule has 2 N–H and O–H groups in total. The summed E-state index contributed by atoms with van der Waals surface area (Å²) in [6.45, 7) is 8.10. The second-order valence-electron chi connectivity index (χ2n) is 8.94. The standard InChI is InChI=1S/C28H29N3O3S/c1-17(2)22-11-5-19(4)14-25(22)33-16-26(32)31-28(35)29-21-9-7-20(8-10-21)15-27-30-23-13-18(3)6-12-24(23)34-27/h5-14,17H,15-16H2,1-4H3,(H2,29,31,32,35). The Labute approximate surface area is 210 Å². The number of fused-ring (bicyclic) bond motifs is 1. The smallest absolute Gasteiger partial charge is 0.264 e. The normalized spacial score (nSPS) is 11.0. The van der Waals surface area contributed by atoms with E-state index in [4.69, 9.17) is 21.4 Å². The molecule has 0 atom stereocenters. The van der Waals surface area contributed by atoms with Gasteiger partial charge in [0.15, 0.2) is 23.2 Å². The third-order valence-corrected chi connectivity index (χ3v) is 5.76. The molecule has 0 radical (unpaired) electrons. The lowest BCUT2D eigenvalue weighted by Gasteiger charge is -2.15. The van der Waals surface area contributed by atoms with Crippen LogP contribution in [0.2, 0.25) is 0 Å². The average Bonchev–Trinajstić information content (AvgIpc) is 3.20.